The predicted octanol–water partition coefficient (Wildman–Crippen LogP) is 5.37. The Balaban J connectivity index is 1.69. The number of nitrogens with one attached hydrogen (secondary N) is 1. The maximum absolute atomic E-state index is 12.5. The van der Waals surface area contributed by atoms with Gasteiger partial charge >= 0.3 is 0 Å². The Kier molecular flexibility index (Phi) is 4.48. The van der Waals surface area contributed by atoms with Crippen molar-refractivity contribution < 1.29 is 9.21 Å². The first kappa shape index (κ1) is 17.1. The van der Waals surface area contributed by atoms with E-state index in [-0.39, 0.29) is 11.3 Å². The van der Waals surface area contributed by atoms with Gasteiger partial charge in [0.25, 0.3) is 5.91 Å². The molecule has 1 N–H and O–H groups in total. The van der Waals surface area contributed by atoms with Crippen molar-refractivity contribution in [1.29, 1.82) is 0 Å². The fraction of sp³-hybridized carbons (Fsp3) is 0. The number of hydrogen-bond donors (Lipinski definition) is 1. The molecule has 27 heavy (non-hydrogen) atoms. The molecule has 0 saturated carbocycles. The van der Waals surface area contributed by atoms with Gasteiger partial charge < -0.3 is 9.73 Å². The molecule has 0 aliphatic carbocycles. The standard InChI is InChI=1S/C22H14ClNO3/c23-18-9-5-4-8-16(18)22(26)24-15-10-11-20-17(12-15)19(25)13-21(27-20)14-6-2-1-3-7-14/h1-13H,(H,24,26). The van der Waals surface area contributed by atoms with Gasteiger partial charge in [0.2, 0.25) is 0 Å². The molecule has 1 heterocycles. The van der Waals surface area contributed by atoms with E-state index in [4.69, 9.17) is 16.0 Å². The van der Waals surface area contributed by atoms with Crippen molar-refractivity contribution in [3.05, 3.63) is 99.7 Å². The van der Waals surface area contributed by atoms with Crippen LogP contribution in [0.2, 0.25) is 5.02 Å². The first-order chi connectivity index (χ1) is 13.1. The van der Waals surface area contributed by atoms with Gasteiger partial charge in [-0.2, -0.15) is 0 Å². The van der Waals surface area contributed by atoms with E-state index in [0.29, 0.717) is 33.0 Å². The minimum absolute atomic E-state index is 0.177. The molecule has 132 valence electrons. The molecule has 0 saturated heterocycles. The van der Waals surface area contributed by atoms with E-state index in [1.54, 1.807) is 42.5 Å². The zero-order valence-electron chi connectivity index (χ0n) is 14.1. The second-order valence-electron chi connectivity index (χ2n) is 5.99. The monoisotopic (exact) mass is 375 g/mol. The fourth-order valence-corrected chi connectivity index (χ4v) is 3.04. The molecule has 0 aliphatic heterocycles. The van der Waals surface area contributed by atoms with Gasteiger partial charge in [-0.05, 0) is 30.3 Å². The van der Waals surface area contributed by atoms with Crippen LogP contribution in [0.15, 0.2) is 88.1 Å². The normalized spacial score (nSPS) is 10.7. The summed E-state index contributed by atoms with van der Waals surface area (Å²) in [4.78, 5) is 24.9. The number of halogens is 1. The van der Waals surface area contributed by atoms with Crippen molar-refractivity contribution in [1.82, 2.24) is 0 Å². The summed E-state index contributed by atoms with van der Waals surface area (Å²) in [5, 5.41) is 3.52. The summed E-state index contributed by atoms with van der Waals surface area (Å²) >= 11 is 6.06. The van der Waals surface area contributed by atoms with Gasteiger partial charge in [0.05, 0.1) is 16.0 Å². The van der Waals surface area contributed by atoms with Crippen LogP contribution < -0.4 is 10.7 Å². The summed E-state index contributed by atoms with van der Waals surface area (Å²) in [5.41, 5.74) is 1.96. The summed E-state index contributed by atoms with van der Waals surface area (Å²) in [5.74, 6) is 0.159. The van der Waals surface area contributed by atoms with Gasteiger partial charge in [0.1, 0.15) is 11.3 Å². The van der Waals surface area contributed by atoms with Crippen LogP contribution in [0.4, 0.5) is 5.69 Å². The largest absolute Gasteiger partial charge is 0.456 e. The average molecular weight is 376 g/mol. The maximum atomic E-state index is 12.5. The molecular weight excluding hydrogens is 362 g/mol. The van der Waals surface area contributed by atoms with Crippen LogP contribution in [0.1, 0.15) is 10.4 Å². The van der Waals surface area contributed by atoms with Crippen LogP contribution in [0.3, 0.4) is 0 Å². The number of fused-ring (bicyclic) bond motifs is 1. The number of carbonyl (C=O) groups excluding carboxylic acids is 1. The van der Waals surface area contributed by atoms with E-state index in [1.807, 2.05) is 30.3 Å². The van der Waals surface area contributed by atoms with Gasteiger partial charge in [-0.3, -0.25) is 9.59 Å². The lowest BCUT2D eigenvalue weighted by Crippen LogP contribution is -2.12. The van der Waals surface area contributed by atoms with Crippen LogP contribution in [0, 0.1) is 0 Å². The molecule has 1 aromatic heterocycles. The third kappa shape index (κ3) is 3.48. The van der Waals surface area contributed by atoms with Crippen LogP contribution in [0.25, 0.3) is 22.3 Å². The molecular formula is C22H14ClNO3. The number of amides is 1. The number of hydrogen-bond acceptors (Lipinski definition) is 3. The quantitative estimate of drug-likeness (QED) is 0.524. The lowest BCUT2D eigenvalue weighted by Gasteiger charge is -2.08. The number of benzene rings is 3. The SMILES string of the molecule is O=C(Nc1ccc2oc(-c3ccccc3)cc(=O)c2c1)c1ccccc1Cl. The minimum Gasteiger partial charge on any atom is -0.456 e. The van der Waals surface area contributed by atoms with E-state index in [0.717, 1.165) is 5.56 Å². The summed E-state index contributed by atoms with van der Waals surface area (Å²) < 4.78 is 5.86. The highest BCUT2D eigenvalue weighted by Gasteiger charge is 2.12. The Labute approximate surface area is 160 Å². The van der Waals surface area contributed by atoms with E-state index in [9.17, 15) is 9.59 Å². The van der Waals surface area contributed by atoms with E-state index in [2.05, 4.69) is 5.32 Å². The van der Waals surface area contributed by atoms with E-state index >= 15 is 0 Å². The highest BCUT2D eigenvalue weighted by Crippen LogP contribution is 2.24. The Morgan fingerprint density at radius 3 is 2.41 bits per heavy atom. The van der Waals surface area contributed by atoms with Crippen molar-refractivity contribution in [3.8, 4) is 11.3 Å². The molecule has 4 rings (SSSR count). The molecule has 1 amide bonds. The molecule has 0 aliphatic rings. The number of rotatable bonds is 3. The van der Waals surface area contributed by atoms with Crippen LogP contribution in [-0.2, 0) is 0 Å². The zero-order valence-corrected chi connectivity index (χ0v) is 14.9. The van der Waals surface area contributed by atoms with Gasteiger partial charge in [0, 0.05) is 17.3 Å². The molecule has 0 fully saturated rings. The molecule has 0 radical (unpaired) electrons. The van der Waals surface area contributed by atoms with Crippen LogP contribution >= 0.6 is 11.6 Å². The van der Waals surface area contributed by atoms with Crippen molar-refractivity contribution in [3.63, 3.8) is 0 Å². The average Bonchev–Trinajstić information content (AvgIpc) is 2.69. The van der Waals surface area contributed by atoms with Crippen molar-refractivity contribution in [2.75, 3.05) is 5.32 Å². The summed E-state index contributed by atoms with van der Waals surface area (Å²) in [6.07, 6.45) is 0. The van der Waals surface area contributed by atoms with Crippen LogP contribution in [-0.4, -0.2) is 5.91 Å². The third-order valence-corrected chi connectivity index (χ3v) is 4.49. The Morgan fingerprint density at radius 1 is 0.889 bits per heavy atom. The van der Waals surface area contributed by atoms with E-state index < -0.39 is 0 Å². The Morgan fingerprint density at radius 2 is 1.63 bits per heavy atom. The lowest BCUT2D eigenvalue weighted by molar-refractivity contribution is 0.102. The second kappa shape index (κ2) is 7.09. The fourth-order valence-electron chi connectivity index (χ4n) is 2.82. The van der Waals surface area contributed by atoms with Crippen molar-refractivity contribution in [2.24, 2.45) is 0 Å². The minimum atomic E-state index is -0.342. The molecule has 0 unspecified atom stereocenters. The third-order valence-electron chi connectivity index (χ3n) is 4.16. The summed E-state index contributed by atoms with van der Waals surface area (Å²) in [7, 11) is 0. The highest BCUT2D eigenvalue weighted by atomic mass is 35.5. The first-order valence-corrected chi connectivity index (χ1v) is 8.69. The molecule has 0 bridgehead atoms. The first-order valence-electron chi connectivity index (χ1n) is 8.31. The maximum Gasteiger partial charge on any atom is 0.257 e. The zero-order chi connectivity index (χ0) is 18.8. The Bertz CT molecular complexity index is 1200. The molecule has 0 spiro atoms. The summed E-state index contributed by atoms with van der Waals surface area (Å²) in [6.45, 7) is 0. The molecule has 3 aromatic carbocycles. The van der Waals surface area contributed by atoms with Crippen LogP contribution in [0.5, 0.6) is 0 Å². The number of carbonyl (C=O) groups is 1. The lowest BCUT2D eigenvalue weighted by atomic mass is 10.1. The van der Waals surface area contributed by atoms with Gasteiger partial charge in [-0.15, -0.1) is 0 Å². The van der Waals surface area contributed by atoms with Gasteiger partial charge in [-0.25, -0.2) is 0 Å². The molecule has 4 aromatic rings. The smallest absolute Gasteiger partial charge is 0.257 e. The Hall–Kier alpha value is -3.37. The topological polar surface area (TPSA) is 59.3 Å². The predicted molar refractivity (Wildman–Crippen MR) is 107 cm³/mol. The molecule has 5 heteroatoms. The molecule has 0 atom stereocenters. The molecule has 4 nitrogen and oxygen atoms in total. The van der Waals surface area contributed by atoms with Crippen molar-refractivity contribution in [2.45, 2.75) is 0 Å². The van der Waals surface area contributed by atoms with Gasteiger partial charge in [-0.1, -0.05) is 54.1 Å². The summed E-state index contributed by atoms with van der Waals surface area (Å²) in [6, 6.07) is 22.6. The highest BCUT2D eigenvalue weighted by molar-refractivity contribution is 6.34. The number of anilines is 1. The second-order valence-corrected chi connectivity index (χ2v) is 6.39. The van der Waals surface area contributed by atoms with E-state index in [1.165, 1.54) is 6.07 Å². The van der Waals surface area contributed by atoms with Gasteiger partial charge in [0.15, 0.2) is 5.43 Å². The van der Waals surface area contributed by atoms with Crippen molar-refractivity contribution >= 4 is 34.2 Å².